The van der Waals surface area contributed by atoms with Crippen LogP contribution < -0.4 is 0 Å². The topological polar surface area (TPSA) is 90.9 Å². The van der Waals surface area contributed by atoms with E-state index in [4.69, 9.17) is 4.74 Å². The molecule has 12 heteroatoms. The van der Waals surface area contributed by atoms with E-state index in [2.05, 4.69) is 20.4 Å². The van der Waals surface area contributed by atoms with E-state index in [9.17, 15) is 22.7 Å². The maximum absolute atomic E-state index is 14.6. The van der Waals surface area contributed by atoms with E-state index in [0.717, 1.165) is 28.9 Å². The molecule has 0 amide bonds. The second-order valence-corrected chi connectivity index (χ2v) is 7.32. The normalized spacial score (nSPS) is 14.2. The standard InChI is InChI=1S/C21H18F4N6O2/c1-13(33-9-15-8-31(29-28-15)20-17(23)3-2-4-18(20)24)21(32,10-30-12-26-11-27-30)16-6-5-14(22)7-19(16)25/h2-8,11-13,32H,9-10H2,1H3/t13-,21-/m1/s1. The first-order valence-electron chi connectivity index (χ1n) is 9.75. The van der Waals surface area contributed by atoms with Crippen molar-refractivity contribution in [1.82, 2.24) is 29.8 Å². The van der Waals surface area contributed by atoms with Gasteiger partial charge in [0.15, 0.2) is 11.6 Å². The fraction of sp³-hybridized carbons (Fsp3) is 0.238. The van der Waals surface area contributed by atoms with Crippen molar-refractivity contribution < 1.29 is 27.4 Å². The number of ether oxygens (including phenoxy) is 1. The fourth-order valence-electron chi connectivity index (χ4n) is 3.36. The minimum Gasteiger partial charge on any atom is -0.380 e. The van der Waals surface area contributed by atoms with Crippen molar-refractivity contribution in [1.29, 1.82) is 0 Å². The molecule has 4 rings (SSSR count). The van der Waals surface area contributed by atoms with E-state index in [1.165, 1.54) is 36.5 Å². The molecule has 1 N–H and O–H groups in total. The van der Waals surface area contributed by atoms with Crippen molar-refractivity contribution in [3.8, 4) is 5.69 Å². The Morgan fingerprint density at radius 1 is 1.09 bits per heavy atom. The van der Waals surface area contributed by atoms with Crippen LogP contribution in [0.15, 0.2) is 55.2 Å². The molecule has 4 aromatic rings. The first-order chi connectivity index (χ1) is 15.8. The Balaban J connectivity index is 1.57. The van der Waals surface area contributed by atoms with Crippen molar-refractivity contribution >= 4 is 0 Å². The maximum Gasteiger partial charge on any atom is 0.151 e. The van der Waals surface area contributed by atoms with Crippen LogP contribution in [0.1, 0.15) is 18.2 Å². The lowest BCUT2D eigenvalue weighted by Crippen LogP contribution is -2.44. The molecular weight excluding hydrogens is 444 g/mol. The predicted molar refractivity (Wildman–Crippen MR) is 106 cm³/mol. The highest BCUT2D eigenvalue weighted by Crippen LogP contribution is 2.32. The zero-order valence-corrected chi connectivity index (χ0v) is 17.2. The molecule has 0 aliphatic rings. The molecule has 2 heterocycles. The minimum absolute atomic E-state index is 0.201. The molecule has 0 fully saturated rings. The lowest BCUT2D eigenvalue weighted by Gasteiger charge is -2.34. The molecule has 0 spiro atoms. The van der Waals surface area contributed by atoms with Crippen LogP contribution in [0, 0.1) is 23.3 Å². The van der Waals surface area contributed by atoms with E-state index in [-0.39, 0.29) is 24.4 Å². The zero-order valence-electron chi connectivity index (χ0n) is 17.2. The third-order valence-electron chi connectivity index (χ3n) is 5.13. The zero-order chi connectivity index (χ0) is 23.6. The van der Waals surface area contributed by atoms with E-state index in [0.29, 0.717) is 6.07 Å². The van der Waals surface area contributed by atoms with Gasteiger partial charge in [-0.1, -0.05) is 17.3 Å². The molecule has 0 radical (unpaired) electrons. The number of rotatable bonds is 8. The first kappa shape index (κ1) is 22.6. The van der Waals surface area contributed by atoms with Crippen LogP contribution in [0.4, 0.5) is 17.6 Å². The summed E-state index contributed by atoms with van der Waals surface area (Å²) in [5.41, 5.74) is -2.38. The monoisotopic (exact) mass is 462 g/mol. The Morgan fingerprint density at radius 3 is 2.52 bits per heavy atom. The summed E-state index contributed by atoms with van der Waals surface area (Å²) in [6.07, 6.45) is 2.78. The molecule has 0 bridgehead atoms. The van der Waals surface area contributed by atoms with Gasteiger partial charge in [-0.3, -0.25) is 0 Å². The van der Waals surface area contributed by atoms with Crippen LogP contribution in [-0.2, 0) is 23.5 Å². The van der Waals surface area contributed by atoms with Gasteiger partial charge in [-0.05, 0) is 25.1 Å². The lowest BCUT2D eigenvalue weighted by atomic mass is 9.88. The van der Waals surface area contributed by atoms with Gasteiger partial charge in [-0.15, -0.1) is 5.10 Å². The van der Waals surface area contributed by atoms with Crippen LogP contribution in [0.25, 0.3) is 5.69 Å². The number of hydrogen-bond acceptors (Lipinski definition) is 6. The van der Waals surface area contributed by atoms with E-state index in [1.54, 1.807) is 0 Å². The van der Waals surface area contributed by atoms with Gasteiger partial charge in [-0.2, -0.15) is 5.10 Å². The summed E-state index contributed by atoms with van der Waals surface area (Å²) in [4.78, 5) is 3.80. The largest absolute Gasteiger partial charge is 0.380 e. The van der Waals surface area contributed by atoms with Crippen LogP contribution in [0.3, 0.4) is 0 Å². The van der Waals surface area contributed by atoms with Crippen LogP contribution in [0.5, 0.6) is 0 Å². The van der Waals surface area contributed by atoms with E-state index < -0.39 is 40.7 Å². The van der Waals surface area contributed by atoms with Crippen LogP contribution in [0.2, 0.25) is 0 Å². The highest BCUT2D eigenvalue weighted by atomic mass is 19.1. The van der Waals surface area contributed by atoms with Gasteiger partial charge in [0, 0.05) is 11.6 Å². The third kappa shape index (κ3) is 4.61. The average molecular weight is 462 g/mol. The van der Waals surface area contributed by atoms with Gasteiger partial charge in [0.25, 0.3) is 0 Å². The number of aromatic nitrogens is 6. The molecule has 0 aliphatic carbocycles. The number of benzene rings is 2. The van der Waals surface area contributed by atoms with Gasteiger partial charge >= 0.3 is 0 Å². The second kappa shape index (κ2) is 9.08. The molecule has 8 nitrogen and oxygen atoms in total. The molecule has 2 aromatic carbocycles. The van der Waals surface area contributed by atoms with Gasteiger partial charge in [0.05, 0.1) is 25.5 Å². The molecule has 0 aliphatic heterocycles. The number of hydrogen-bond donors (Lipinski definition) is 1. The maximum atomic E-state index is 14.6. The van der Waals surface area contributed by atoms with Crippen molar-refractivity contribution in [2.24, 2.45) is 0 Å². The van der Waals surface area contributed by atoms with Gasteiger partial charge < -0.3 is 9.84 Å². The van der Waals surface area contributed by atoms with Crippen LogP contribution >= 0.6 is 0 Å². The summed E-state index contributed by atoms with van der Waals surface area (Å²) in [6, 6.07) is 6.19. The summed E-state index contributed by atoms with van der Waals surface area (Å²) in [6.45, 7) is 1.02. The quantitative estimate of drug-likeness (QED) is 0.405. The van der Waals surface area contributed by atoms with Crippen molar-refractivity contribution in [3.63, 3.8) is 0 Å². The summed E-state index contributed by atoms with van der Waals surface area (Å²) in [5.74, 6) is -3.41. The molecular formula is C21H18F4N6O2. The Bertz CT molecular complexity index is 1230. The van der Waals surface area contributed by atoms with E-state index in [1.807, 2.05) is 0 Å². The second-order valence-electron chi connectivity index (χ2n) is 7.32. The Hall–Kier alpha value is -3.64. The Labute approximate surface area is 185 Å². The number of halogens is 4. The first-order valence-corrected chi connectivity index (χ1v) is 9.75. The molecule has 0 saturated heterocycles. The molecule has 33 heavy (non-hydrogen) atoms. The molecule has 172 valence electrons. The summed E-state index contributed by atoms with van der Waals surface area (Å²) in [7, 11) is 0. The fourth-order valence-corrected chi connectivity index (χ4v) is 3.36. The molecule has 0 saturated carbocycles. The Kier molecular flexibility index (Phi) is 6.20. The summed E-state index contributed by atoms with van der Waals surface area (Å²) < 4.78 is 63.9. The molecule has 2 aromatic heterocycles. The highest BCUT2D eigenvalue weighted by molar-refractivity contribution is 5.34. The number of nitrogens with zero attached hydrogens (tertiary/aromatic N) is 6. The summed E-state index contributed by atoms with van der Waals surface area (Å²) in [5, 5.41) is 22.9. The van der Waals surface area contributed by atoms with Gasteiger partial charge in [-0.25, -0.2) is 31.9 Å². The average Bonchev–Trinajstić information content (AvgIpc) is 3.44. The van der Waals surface area contributed by atoms with Gasteiger partial charge in [0.1, 0.15) is 41.3 Å². The Morgan fingerprint density at radius 2 is 1.85 bits per heavy atom. The molecule has 0 unspecified atom stereocenters. The van der Waals surface area contributed by atoms with Crippen LogP contribution in [-0.4, -0.2) is 41.0 Å². The van der Waals surface area contributed by atoms with Gasteiger partial charge in [0.2, 0.25) is 0 Å². The highest BCUT2D eigenvalue weighted by Gasteiger charge is 2.40. The van der Waals surface area contributed by atoms with Crippen molar-refractivity contribution in [2.75, 3.05) is 0 Å². The third-order valence-corrected chi connectivity index (χ3v) is 5.13. The smallest absolute Gasteiger partial charge is 0.151 e. The number of para-hydroxylation sites is 1. The van der Waals surface area contributed by atoms with Crippen molar-refractivity contribution in [2.45, 2.75) is 31.8 Å². The number of aliphatic hydroxyl groups is 1. The SMILES string of the molecule is C[C@@H](OCc1cn(-c2c(F)cccc2F)nn1)[C@](O)(Cn1cncn1)c1ccc(F)cc1F. The summed E-state index contributed by atoms with van der Waals surface area (Å²) >= 11 is 0. The van der Waals surface area contributed by atoms with E-state index >= 15 is 0 Å². The predicted octanol–water partition coefficient (Wildman–Crippen LogP) is 2.91. The molecule has 2 atom stereocenters. The minimum atomic E-state index is -1.97. The lowest BCUT2D eigenvalue weighted by molar-refractivity contribution is -0.124. The van der Waals surface area contributed by atoms with Crippen molar-refractivity contribution in [3.05, 3.63) is 89.8 Å².